The zero-order valence-electron chi connectivity index (χ0n) is 9.09. The standard InChI is InChI=1S/C10H20BN2O/c1-14-11-13-7-3-5-10(9-13)4-2-6-12-8-10/h12H,2-9H2,1H3. The Morgan fingerprint density at radius 3 is 2.93 bits per heavy atom. The molecule has 2 aliphatic rings. The van der Waals surface area contributed by atoms with Gasteiger partial charge in [0.05, 0.1) is 0 Å². The molecule has 2 saturated heterocycles. The molecule has 3 nitrogen and oxygen atoms in total. The maximum atomic E-state index is 5.10. The van der Waals surface area contributed by atoms with Gasteiger partial charge in [-0.2, -0.15) is 0 Å². The molecule has 79 valence electrons. The molecule has 1 radical (unpaired) electrons. The average Bonchev–Trinajstić information content (AvgIpc) is 2.19. The van der Waals surface area contributed by atoms with Crippen LogP contribution in [0.25, 0.3) is 0 Å². The maximum absolute atomic E-state index is 5.10. The topological polar surface area (TPSA) is 24.5 Å². The molecular weight excluding hydrogens is 175 g/mol. The Bertz CT molecular complexity index is 175. The Morgan fingerprint density at radius 2 is 2.21 bits per heavy atom. The first-order valence-electron chi connectivity index (χ1n) is 5.66. The number of rotatable bonds is 2. The second kappa shape index (κ2) is 4.64. The first-order chi connectivity index (χ1) is 6.85. The third-order valence-electron chi connectivity index (χ3n) is 3.51. The molecule has 0 saturated carbocycles. The lowest BCUT2D eigenvalue weighted by Crippen LogP contribution is -2.52. The van der Waals surface area contributed by atoms with Crippen molar-refractivity contribution < 1.29 is 4.65 Å². The summed E-state index contributed by atoms with van der Waals surface area (Å²) in [6, 6.07) is 0. The van der Waals surface area contributed by atoms with Crippen molar-refractivity contribution in [3.63, 3.8) is 0 Å². The van der Waals surface area contributed by atoms with Crippen molar-refractivity contribution in [2.24, 2.45) is 5.41 Å². The fraction of sp³-hybridized carbons (Fsp3) is 1.00. The monoisotopic (exact) mass is 195 g/mol. The van der Waals surface area contributed by atoms with Gasteiger partial charge < -0.3 is 14.8 Å². The van der Waals surface area contributed by atoms with Gasteiger partial charge in [0.25, 0.3) is 0 Å². The van der Waals surface area contributed by atoms with E-state index in [1.54, 1.807) is 7.11 Å². The predicted octanol–water partition coefficient (Wildman–Crippen LogP) is 0.633. The normalized spacial score (nSPS) is 34.6. The summed E-state index contributed by atoms with van der Waals surface area (Å²) < 4.78 is 5.10. The van der Waals surface area contributed by atoms with E-state index in [1.165, 1.54) is 45.3 Å². The number of hydrogen-bond donors (Lipinski definition) is 1. The molecule has 0 aromatic heterocycles. The fourth-order valence-corrected chi connectivity index (χ4v) is 2.86. The first kappa shape index (κ1) is 10.5. The van der Waals surface area contributed by atoms with Crippen LogP contribution in [-0.4, -0.2) is 45.7 Å². The van der Waals surface area contributed by atoms with E-state index in [2.05, 4.69) is 10.1 Å². The van der Waals surface area contributed by atoms with Crippen molar-refractivity contribution in [2.45, 2.75) is 25.7 Å². The van der Waals surface area contributed by atoms with E-state index in [4.69, 9.17) is 4.65 Å². The van der Waals surface area contributed by atoms with Gasteiger partial charge in [0.1, 0.15) is 0 Å². The molecule has 0 amide bonds. The smallest absolute Gasteiger partial charge is 0.398 e. The molecule has 0 aromatic carbocycles. The van der Waals surface area contributed by atoms with Crippen molar-refractivity contribution >= 4 is 7.62 Å². The van der Waals surface area contributed by atoms with E-state index < -0.39 is 0 Å². The number of piperidine rings is 2. The van der Waals surface area contributed by atoms with E-state index >= 15 is 0 Å². The first-order valence-corrected chi connectivity index (χ1v) is 5.66. The van der Waals surface area contributed by atoms with Gasteiger partial charge >= 0.3 is 7.62 Å². The van der Waals surface area contributed by atoms with Crippen molar-refractivity contribution in [1.82, 2.24) is 10.1 Å². The van der Waals surface area contributed by atoms with Crippen LogP contribution in [0, 0.1) is 5.41 Å². The molecule has 2 heterocycles. The van der Waals surface area contributed by atoms with Crippen LogP contribution in [0.1, 0.15) is 25.7 Å². The molecule has 2 aliphatic heterocycles. The van der Waals surface area contributed by atoms with Crippen molar-refractivity contribution in [3.8, 4) is 0 Å². The Morgan fingerprint density at radius 1 is 1.36 bits per heavy atom. The zero-order valence-corrected chi connectivity index (χ0v) is 9.09. The van der Waals surface area contributed by atoms with E-state index in [1.807, 2.05) is 7.62 Å². The summed E-state index contributed by atoms with van der Waals surface area (Å²) in [6.07, 6.45) is 5.41. The third kappa shape index (κ3) is 2.30. The van der Waals surface area contributed by atoms with Crippen LogP contribution in [0.4, 0.5) is 0 Å². The van der Waals surface area contributed by atoms with Gasteiger partial charge in [-0.25, -0.2) is 0 Å². The number of nitrogens with one attached hydrogen (secondary N) is 1. The molecule has 1 atom stereocenters. The van der Waals surface area contributed by atoms with E-state index in [0.717, 1.165) is 6.54 Å². The van der Waals surface area contributed by atoms with E-state index in [9.17, 15) is 0 Å². The van der Waals surface area contributed by atoms with Crippen LogP contribution < -0.4 is 5.32 Å². The number of hydrogen-bond acceptors (Lipinski definition) is 3. The highest BCUT2D eigenvalue weighted by atomic mass is 16.4. The zero-order chi connectivity index (χ0) is 9.86. The summed E-state index contributed by atoms with van der Waals surface area (Å²) in [5.41, 5.74) is 0.533. The lowest BCUT2D eigenvalue weighted by Gasteiger charge is -2.45. The highest BCUT2D eigenvalue weighted by Crippen LogP contribution is 2.35. The minimum absolute atomic E-state index is 0.533. The summed E-state index contributed by atoms with van der Waals surface area (Å²) in [4.78, 5) is 2.33. The van der Waals surface area contributed by atoms with Gasteiger partial charge in [-0.05, 0) is 50.7 Å². The van der Waals surface area contributed by atoms with E-state index in [-0.39, 0.29) is 0 Å². The van der Waals surface area contributed by atoms with Gasteiger partial charge in [0.15, 0.2) is 0 Å². The van der Waals surface area contributed by atoms with Crippen LogP contribution in [-0.2, 0) is 4.65 Å². The highest BCUT2D eigenvalue weighted by Gasteiger charge is 2.36. The molecule has 2 fully saturated rings. The molecule has 14 heavy (non-hydrogen) atoms. The Hall–Kier alpha value is -0.0551. The molecule has 2 rings (SSSR count). The van der Waals surface area contributed by atoms with Crippen LogP contribution in [0.2, 0.25) is 0 Å². The molecule has 1 spiro atoms. The maximum Gasteiger partial charge on any atom is 0.398 e. The number of nitrogens with zero attached hydrogens (tertiary/aromatic N) is 1. The van der Waals surface area contributed by atoms with Gasteiger partial charge in [-0.1, -0.05) is 0 Å². The summed E-state index contributed by atoms with van der Waals surface area (Å²) in [6.45, 7) is 4.74. The lowest BCUT2D eigenvalue weighted by molar-refractivity contribution is 0.102. The predicted molar refractivity (Wildman–Crippen MR) is 58.1 cm³/mol. The van der Waals surface area contributed by atoms with Crippen molar-refractivity contribution in [2.75, 3.05) is 33.3 Å². The van der Waals surface area contributed by atoms with Crippen LogP contribution in [0.5, 0.6) is 0 Å². The summed E-state index contributed by atoms with van der Waals surface area (Å²) in [7, 11) is 3.62. The molecule has 1 unspecified atom stereocenters. The van der Waals surface area contributed by atoms with Gasteiger partial charge in [-0.15, -0.1) is 0 Å². The third-order valence-corrected chi connectivity index (χ3v) is 3.51. The van der Waals surface area contributed by atoms with Crippen LogP contribution >= 0.6 is 0 Å². The Balaban J connectivity index is 1.91. The molecule has 1 N–H and O–H groups in total. The van der Waals surface area contributed by atoms with Crippen molar-refractivity contribution in [3.05, 3.63) is 0 Å². The summed E-state index contributed by atoms with van der Waals surface area (Å²) >= 11 is 0. The van der Waals surface area contributed by atoms with Crippen LogP contribution in [0.15, 0.2) is 0 Å². The average molecular weight is 195 g/mol. The summed E-state index contributed by atoms with van der Waals surface area (Å²) in [5.74, 6) is 0. The SMILES string of the molecule is CO[B]N1CCCC2(CCCNC2)C1. The summed E-state index contributed by atoms with van der Waals surface area (Å²) in [5, 5.41) is 3.53. The molecular formula is C10H20BN2O. The van der Waals surface area contributed by atoms with Gasteiger partial charge in [0.2, 0.25) is 0 Å². The Kier molecular flexibility index (Phi) is 3.47. The molecule has 0 aliphatic carbocycles. The molecule has 0 aromatic rings. The second-order valence-electron chi connectivity index (χ2n) is 4.70. The highest BCUT2D eigenvalue weighted by molar-refractivity contribution is 6.23. The lowest BCUT2D eigenvalue weighted by atomic mass is 9.73. The fourth-order valence-electron chi connectivity index (χ4n) is 2.86. The van der Waals surface area contributed by atoms with Gasteiger partial charge in [0, 0.05) is 13.7 Å². The van der Waals surface area contributed by atoms with Crippen LogP contribution in [0.3, 0.4) is 0 Å². The minimum atomic E-state index is 0.533. The Labute approximate surface area is 87.5 Å². The quantitative estimate of drug-likeness (QED) is 0.654. The molecule has 4 heteroatoms. The minimum Gasteiger partial charge on any atom is -0.427 e. The second-order valence-corrected chi connectivity index (χ2v) is 4.70. The molecule has 0 bridgehead atoms. The largest absolute Gasteiger partial charge is 0.427 e. The van der Waals surface area contributed by atoms with Crippen molar-refractivity contribution in [1.29, 1.82) is 0 Å². The van der Waals surface area contributed by atoms with Gasteiger partial charge in [-0.3, -0.25) is 0 Å². The van der Waals surface area contributed by atoms with E-state index in [0.29, 0.717) is 5.41 Å².